The van der Waals surface area contributed by atoms with Crippen molar-refractivity contribution >= 4 is 11.7 Å². The molecule has 0 N–H and O–H groups in total. The Morgan fingerprint density at radius 2 is 1.63 bits per heavy atom. The number of amides is 1. The molecule has 0 bridgehead atoms. The van der Waals surface area contributed by atoms with E-state index < -0.39 is 0 Å². The van der Waals surface area contributed by atoms with Crippen molar-refractivity contribution in [2.75, 3.05) is 13.1 Å². The Labute approximate surface area is 164 Å². The fourth-order valence-electron chi connectivity index (χ4n) is 3.75. The highest BCUT2D eigenvalue weighted by Gasteiger charge is 2.23. The maximum absolute atomic E-state index is 12.4. The van der Waals surface area contributed by atoms with E-state index in [1.165, 1.54) is 11.1 Å². The van der Waals surface area contributed by atoms with E-state index in [4.69, 9.17) is 0 Å². The summed E-state index contributed by atoms with van der Waals surface area (Å²) in [5, 5.41) is 0. The second-order valence-electron chi connectivity index (χ2n) is 8.31. The van der Waals surface area contributed by atoms with Gasteiger partial charge in [0.15, 0.2) is 5.78 Å². The van der Waals surface area contributed by atoms with Crippen molar-refractivity contribution in [3.63, 3.8) is 0 Å². The fraction of sp³-hybridized carbons (Fsp3) is 0.583. The number of rotatable bonds is 9. The summed E-state index contributed by atoms with van der Waals surface area (Å²) in [6.45, 7) is 11.5. The second-order valence-corrected chi connectivity index (χ2v) is 8.31. The standard InChI is InChI=1S/C24H35NO2/c1-18(2)8-6-5-7-9-23(26)25-16-14-21(15-17-25)20-10-12-22(13-11-20)24(27)19(3)4/h10-13,19,21H,1,5-9,14-17H2,2-4H3. The molecule has 0 atom stereocenters. The van der Waals surface area contributed by atoms with Crippen molar-refractivity contribution in [2.24, 2.45) is 5.92 Å². The number of carbonyl (C=O) groups is 2. The van der Waals surface area contributed by atoms with E-state index in [1.807, 2.05) is 30.9 Å². The quantitative estimate of drug-likeness (QED) is 0.315. The molecule has 3 nitrogen and oxygen atoms in total. The minimum atomic E-state index is 0.0332. The van der Waals surface area contributed by atoms with E-state index in [0.29, 0.717) is 18.2 Å². The zero-order chi connectivity index (χ0) is 19.8. The summed E-state index contributed by atoms with van der Waals surface area (Å²) >= 11 is 0. The lowest BCUT2D eigenvalue weighted by Gasteiger charge is -2.32. The second kappa shape index (κ2) is 10.4. The molecule has 0 unspecified atom stereocenters. The Morgan fingerprint density at radius 1 is 1.04 bits per heavy atom. The first-order valence-electron chi connectivity index (χ1n) is 10.4. The number of nitrogens with zero attached hydrogens (tertiary/aromatic N) is 1. The van der Waals surface area contributed by atoms with Crippen molar-refractivity contribution in [3.8, 4) is 0 Å². The molecular formula is C24H35NO2. The molecule has 1 aliphatic heterocycles. The molecule has 0 saturated carbocycles. The van der Waals surface area contributed by atoms with Crippen LogP contribution >= 0.6 is 0 Å². The van der Waals surface area contributed by atoms with Gasteiger partial charge in [-0.1, -0.05) is 50.1 Å². The number of carbonyl (C=O) groups excluding carboxylic acids is 2. The van der Waals surface area contributed by atoms with Gasteiger partial charge < -0.3 is 4.90 Å². The first kappa shape index (κ1) is 21.4. The molecule has 1 saturated heterocycles. The number of Topliss-reactive ketones (excluding diaryl/α,β-unsaturated/α-hetero) is 1. The van der Waals surface area contributed by atoms with Crippen LogP contribution in [-0.4, -0.2) is 29.7 Å². The van der Waals surface area contributed by atoms with Crippen molar-refractivity contribution in [1.82, 2.24) is 4.90 Å². The Kier molecular flexibility index (Phi) is 8.27. The van der Waals surface area contributed by atoms with Gasteiger partial charge >= 0.3 is 0 Å². The highest BCUT2D eigenvalue weighted by atomic mass is 16.2. The van der Waals surface area contributed by atoms with Crippen LogP contribution in [0.25, 0.3) is 0 Å². The van der Waals surface area contributed by atoms with Crippen molar-refractivity contribution in [2.45, 2.75) is 71.6 Å². The van der Waals surface area contributed by atoms with Gasteiger partial charge in [-0.2, -0.15) is 0 Å². The van der Waals surface area contributed by atoms with Crippen LogP contribution in [-0.2, 0) is 4.79 Å². The average molecular weight is 370 g/mol. The topological polar surface area (TPSA) is 37.4 Å². The van der Waals surface area contributed by atoms with Crippen molar-refractivity contribution in [1.29, 1.82) is 0 Å². The normalized spacial score (nSPS) is 15.2. The minimum absolute atomic E-state index is 0.0332. The van der Waals surface area contributed by atoms with Crippen molar-refractivity contribution < 1.29 is 9.59 Å². The molecule has 1 fully saturated rings. The number of likely N-dealkylation sites (tertiary alicyclic amines) is 1. The number of hydrogen-bond donors (Lipinski definition) is 0. The summed E-state index contributed by atoms with van der Waals surface area (Å²) in [6, 6.07) is 8.11. The zero-order valence-electron chi connectivity index (χ0n) is 17.3. The maximum atomic E-state index is 12.4. The molecular weight excluding hydrogens is 334 g/mol. The van der Waals surface area contributed by atoms with Crippen LogP contribution in [0.2, 0.25) is 0 Å². The minimum Gasteiger partial charge on any atom is -0.343 e. The zero-order valence-corrected chi connectivity index (χ0v) is 17.3. The first-order valence-corrected chi connectivity index (χ1v) is 10.4. The van der Waals surface area contributed by atoms with E-state index in [1.54, 1.807) is 0 Å². The molecule has 1 aromatic carbocycles. The van der Waals surface area contributed by atoms with Gasteiger partial charge in [0.05, 0.1) is 0 Å². The number of allylic oxidation sites excluding steroid dienone is 1. The van der Waals surface area contributed by atoms with Gasteiger partial charge in [0.1, 0.15) is 0 Å². The van der Waals surface area contributed by atoms with Crippen LogP contribution in [0.1, 0.15) is 87.6 Å². The number of piperidine rings is 1. The van der Waals surface area contributed by atoms with Crippen molar-refractivity contribution in [3.05, 3.63) is 47.5 Å². The lowest BCUT2D eigenvalue weighted by Crippen LogP contribution is -2.37. The summed E-state index contributed by atoms with van der Waals surface area (Å²) in [6.07, 6.45) is 7.00. The van der Waals surface area contributed by atoms with Gasteiger partial charge in [0, 0.05) is 31.0 Å². The molecule has 0 spiro atoms. The molecule has 1 amide bonds. The number of ketones is 1. The molecule has 0 aromatic heterocycles. The predicted molar refractivity (Wildman–Crippen MR) is 112 cm³/mol. The third-order valence-corrected chi connectivity index (χ3v) is 5.53. The van der Waals surface area contributed by atoms with E-state index in [2.05, 4.69) is 25.6 Å². The van der Waals surface area contributed by atoms with Gasteiger partial charge in [-0.15, -0.1) is 6.58 Å². The van der Waals surface area contributed by atoms with E-state index >= 15 is 0 Å². The Bertz CT molecular complexity index is 637. The number of benzene rings is 1. The summed E-state index contributed by atoms with van der Waals surface area (Å²) in [4.78, 5) is 26.5. The maximum Gasteiger partial charge on any atom is 0.222 e. The SMILES string of the molecule is C=C(C)CCCCCC(=O)N1CCC(c2ccc(C(=O)C(C)C)cc2)CC1. The van der Waals surface area contributed by atoms with E-state index in [0.717, 1.165) is 57.2 Å². The molecule has 148 valence electrons. The summed E-state index contributed by atoms with van der Waals surface area (Å²) in [5.74, 6) is 1.03. The van der Waals surface area contributed by atoms with Gasteiger partial charge in [0.2, 0.25) is 5.91 Å². The lowest BCUT2D eigenvalue weighted by atomic mass is 9.88. The number of unbranched alkanes of at least 4 members (excludes halogenated alkanes) is 2. The molecule has 1 aliphatic rings. The third-order valence-electron chi connectivity index (χ3n) is 5.53. The van der Waals surface area contributed by atoms with Crippen LogP contribution in [0.5, 0.6) is 0 Å². The van der Waals surface area contributed by atoms with Crippen LogP contribution in [0.15, 0.2) is 36.4 Å². The molecule has 0 aliphatic carbocycles. The summed E-state index contributed by atoms with van der Waals surface area (Å²) in [7, 11) is 0. The monoisotopic (exact) mass is 369 g/mol. The molecule has 1 aromatic rings. The fourth-order valence-corrected chi connectivity index (χ4v) is 3.75. The third kappa shape index (κ3) is 6.64. The van der Waals surface area contributed by atoms with Gasteiger partial charge in [-0.05, 0) is 50.5 Å². The Hall–Kier alpha value is -1.90. The smallest absolute Gasteiger partial charge is 0.222 e. The molecule has 2 rings (SSSR count). The van der Waals surface area contributed by atoms with Crippen LogP contribution in [0.4, 0.5) is 0 Å². The summed E-state index contributed by atoms with van der Waals surface area (Å²) in [5.41, 5.74) is 3.32. The van der Waals surface area contributed by atoms with Gasteiger partial charge in [-0.3, -0.25) is 9.59 Å². The van der Waals surface area contributed by atoms with Crippen LogP contribution < -0.4 is 0 Å². The first-order chi connectivity index (χ1) is 12.9. The van der Waals surface area contributed by atoms with E-state index in [9.17, 15) is 9.59 Å². The van der Waals surface area contributed by atoms with E-state index in [-0.39, 0.29) is 11.7 Å². The van der Waals surface area contributed by atoms with Gasteiger partial charge in [0.25, 0.3) is 0 Å². The molecule has 1 heterocycles. The highest BCUT2D eigenvalue weighted by molar-refractivity contribution is 5.97. The number of hydrogen-bond acceptors (Lipinski definition) is 2. The average Bonchev–Trinajstić information content (AvgIpc) is 2.67. The Morgan fingerprint density at radius 3 is 2.19 bits per heavy atom. The predicted octanol–water partition coefficient (Wildman–Crippen LogP) is 5.76. The molecule has 0 radical (unpaired) electrons. The van der Waals surface area contributed by atoms with Crippen LogP contribution in [0.3, 0.4) is 0 Å². The highest BCUT2D eigenvalue weighted by Crippen LogP contribution is 2.29. The summed E-state index contributed by atoms with van der Waals surface area (Å²) < 4.78 is 0. The van der Waals surface area contributed by atoms with Gasteiger partial charge in [-0.25, -0.2) is 0 Å². The largest absolute Gasteiger partial charge is 0.343 e. The molecule has 27 heavy (non-hydrogen) atoms. The van der Waals surface area contributed by atoms with Crippen LogP contribution in [0, 0.1) is 5.92 Å². The lowest BCUT2D eigenvalue weighted by molar-refractivity contribution is -0.132. The Balaban J connectivity index is 1.75. The molecule has 3 heteroatoms.